The summed E-state index contributed by atoms with van der Waals surface area (Å²) < 4.78 is 12.6. The van der Waals surface area contributed by atoms with Crippen LogP contribution in [0.5, 0.6) is 11.5 Å². The van der Waals surface area contributed by atoms with Gasteiger partial charge in [-0.2, -0.15) is 9.78 Å². The lowest BCUT2D eigenvalue weighted by Gasteiger charge is -2.14. The predicted molar refractivity (Wildman–Crippen MR) is 128 cm³/mol. The predicted octanol–water partition coefficient (Wildman–Crippen LogP) is 1.06. The number of methoxy groups -OCH3 is 2. The Balaban J connectivity index is 2.14. The van der Waals surface area contributed by atoms with Gasteiger partial charge in [0, 0.05) is 19.2 Å². The van der Waals surface area contributed by atoms with Gasteiger partial charge in [-0.1, -0.05) is 29.8 Å². The molecular weight excluding hydrogens is 438 g/mol. The minimum Gasteiger partial charge on any atom is -0.493 e. The van der Waals surface area contributed by atoms with Gasteiger partial charge in [0.2, 0.25) is 5.69 Å². The van der Waals surface area contributed by atoms with E-state index in [0.717, 1.165) is 20.4 Å². The van der Waals surface area contributed by atoms with E-state index in [1.54, 1.807) is 18.2 Å². The fourth-order valence-electron chi connectivity index (χ4n) is 3.27. The number of carbonyl (C=O) groups excluding carboxylic acids is 1. The van der Waals surface area contributed by atoms with E-state index in [0.29, 0.717) is 30.3 Å². The zero-order valence-electron chi connectivity index (χ0n) is 20.0. The average molecular weight is 468 g/mol. The smallest absolute Gasteiger partial charge is 0.352 e. The number of benzene rings is 2. The number of likely N-dealkylation sites (N-methyl/N-ethyl adjacent to an activating group) is 1. The lowest BCUT2D eigenvalue weighted by molar-refractivity contribution is 0.0941. The van der Waals surface area contributed by atoms with Crippen molar-refractivity contribution in [2.45, 2.75) is 13.5 Å². The molecule has 0 saturated carbocycles. The van der Waals surface area contributed by atoms with E-state index >= 15 is 0 Å². The van der Waals surface area contributed by atoms with E-state index in [4.69, 9.17) is 9.47 Å². The minimum atomic E-state index is -0.760. The van der Waals surface area contributed by atoms with Crippen molar-refractivity contribution in [3.05, 3.63) is 80.1 Å². The first-order valence-electron chi connectivity index (χ1n) is 10.7. The van der Waals surface area contributed by atoms with Gasteiger partial charge in [0.25, 0.3) is 11.5 Å². The summed E-state index contributed by atoms with van der Waals surface area (Å²) in [6.07, 6.45) is 0. The molecule has 0 atom stereocenters. The number of ether oxygens (including phenoxy) is 2. The first-order valence-corrected chi connectivity index (χ1v) is 10.7. The highest BCUT2D eigenvalue weighted by atomic mass is 16.5. The van der Waals surface area contributed by atoms with Crippen molar-refractivity contribution in [2.75, 3.05) is 41.4 Å². The maximum absolute atomic E-state index is 13.3. The summed E-state index contributed by atoms with van der Waals surface area (Å²) in [6, 6.07) is 12.2. The molecule has 1 aromatic heterocycles. The first kappa shape index (κ1) is 24.7. The summed E-state index contributed by atoms with van der Waals surface area (Å²) in [5.41, 5.74) is 0.304. The highest BCUT2D eigenvalue weighted by molar-refractivity contribution is 5.91. The van der Waals surface area contributed by atoms with Crippen LogP contribution in [-0.2, 0) is 6.54 Å². The van der Waals surface area contributed by atoms with E-state index in [-0.39, 0.29) is 12.2 Å². The molecule has 0 saturated heterocycles. The quantitative estimate of drug-likeness (QED) is 0.501. The van der Waals surface area contributed by atoms with Crippen LogP contribution in [-0.4, -0.2) is 66.6 Å². The second-order valence-corrected chi connectivity index (χ2v) is 8.02. The van der Waals surface area contributed by atoms with Crippen LogP contribution < -0.4 is 26.0 Å². The molecule has 1 N–H and O–H groups in total. The molecular formula is C24H29N5O5. The Morgan fingerprint density at radius 3 is 2.32 bits per heavy atom. The number of carbonyl (C=O) groups is 1. The number of nitrogens with one attached hydrogen (secondary N) is 1. The fraction of sp³-hybridized carbons (Fsp3) is 0.333. The SMILES string of the molecule is COc1ccc(-n2nc(C(=O)NCCN(C)C)c(=O)n(Cc3ccc(C)cc3)c2=O)cc1OC. The van der Waals surface area contributed by atoms with Gasteiger partial charge in [0.05, 0.1) is 26.5 Å². The molecule has 0 aliphatic rings. The van der Waals surface area contributed by atoms with Crippen molar-refractivity contribution in [2.24, 2.45) is 0 Å². The zero-order valence-corrected chi connectivity index (χ0v) is 20.0. The van der Waals surface area contributed by atoms with Crippen LogP contribution in [0, 0.1) is 6.92 Å². The number of aromatic nitrogens is 3. The van der Waals surface area contributed by atoms with Crippen LogP contribution >= 0.6 is 0 Å². The molecule has 180 valence electrons. The van der Waals surface area contributed by atoms with Gasteiger partial charge < -0.3 is 19.7 Å². The summed E-state index contributed by atoms with van der Waals surface area (Å²) >= 11 is 0. The third-order valence-electron chi connectivity index (χ3n) is 5.19. The highest BCUT2D eigenvalue weighted by Crippen LogP contribution is 2.28. The van der Waals surface area contributed by atoms with E-state index < -0.39 is 17.2 Å². The summed E-state index contributed by atoms with van der Waals surface area (Å²) in [5.74, 6) is 0.189. The van der Waals surface area contributed by atoms with Crippen LogP contribution in [0.3, 0.4) is 0 Å². The van der Waals surface area contributed by atoms with Crippen molar-refractivity contribution >= 4 is 5.91 Å². The number of amides is 1. The summed E-state index contributed by atoms with van der Waals surface area (Å²) in [4.78, 5) is 41.3. The zero-order chi connectivity index (χ0) is 24.8. The van der Waals surface area contributed by atoms with Crippen LogP contribution in [0.4, 0.5) is 0 Å². The van der Waals surface area contributed by atoms with Gasteiger partial charge >= 0.3 is 5.69 Å². The highest BCUT2D eigenvalue weighted by Gasteiger charge is 2.21. The van der Waals surface area contributed by atoms with Gasteiger partial charge in [0.1, 0.15) is 0 Å². The molecule has 1 amide bonds. The Bertz CT molecular complexity index is 1280. The molecule has 1 heterocycles. The van der Waals surface area contributed by atoms with Crippen LogP contribution in [0.1, 0.15) is 21.6 Å². The summed E-state index contributed by atoms with van der Waals surface area (Å²) in [5, 5.41) is 6.83. The van der Waals surface area contributed by atoms with Gasteiger partial charge in [-0.05, 0) is 38.7 Å². The van der Waals surface area contributed by atoms with Crippen molar-refractivity contribution in [3.63, 3.8) is 0 Å². The summed E-state index contributed by atoms with van der Waals surface area (Å²) in [7, 11) is 6.71. The molecule has 0 aliphatic carbocycles. The van der Waals surface area contributed by atoms with Gasteiger partial charge in [-0.25, -0.2) is 4.79 Å². The van der Waals surface area contributed by atoms with Crippen LogP contribution in [0.15, 0.2) is 52.1 Å². The molecule has 34 heavy (non-hydrogen) atoms. The van der Waals surface area contributed by atoms with Crippen LogP contribution in [0.25, 0.3) is 5.69 Å². The monoisotopic (exact) mass is 467 g/mol. The fourth-order valence-corrected chi connectivity index (χ4v) is 3.27. The molecule has 0 fully saturated rings. The third-order valence-corrected chi connectivity index (χ3v) is 5.19. The van der Waals surface area contributed by atoms with Crippen LogP contribution in [0.2, 0.25) is 0 Å². The molecule has 0 bridgehead atoms. The molecule has 0 unspecified atom stereocenters. The maximum Gasteiger partial charge on any atom is 0.352 e. The molecule has 0 radical (unpaired) electrons. The Morgan fingerprint density at radius 1 is 1.03 bits per heavy atom. The van der Waals surface area contributed by atoms with Crippen molar-refractivity contribution < 1.29 is 14.3 Å². The molecule has 0 spiro atoms. The molecule has 3 rings (SSSR count). The number of nitrogens with zero attached hydrogens (tertiary/aromatic N) is 4. The standard InChI is InChI=1S/C24H29N5O5/c1-16-6-8-17(9-7-16)15-28-23(31)21(22(30)25-12-13-27(2)3)26-29(24(28)32)18-10-11-19(33-4)20(14-18)34-5/h6-11,14H,12-13,15H2,1-5H3,(H,25,30). The molecule has 3 aromatic rings. The number of rotatable bonds is 9. The van der Waals surface area contributed by atoms with Crippen molar-refractivity contribution in [1.29, 1.82) is 0 Å². The van der Waals surface area contributed by atoms with E-state index in [1.807, 2.05) is 50.2 Å². The number of aryl methyl sites for hydroxylation is 1. The second kappa shape index (κ2) is 10.8. The maximum atomic E-state index is 13.3. The van der Waals surface area contributed by atoms with Gasteiger partial charge in [-0.3, -0.25) is 14.2 Å². The molecule has 2 aromatic carbocycles. The molecule has 10 heteroatoms. The topological polar surface area (TPSA) is 108 Å². The van der Waals surface area contributed by atoms with E-state index in [9.17, 15) is 14.4 Å². The van der Waals surface area contributed by atoms with E-state index in [1.165, 1.54) is 14.2 Å². The normalized spacial score (nSPS) is 10.9. The Morgan fingerprint density at radius 2 is 1.71 bits per heavy atom. The lowest BCUT2D eigenvalue weighted by atomic mass is 10.1. The van der Waals surface area contributed by atoms with Gasteiger partial charge in [0.15, 0.2) is 11.5 Å². The molecule has 0 aliphatic heterocycles. The minimum absolute atomic E-state index is 0.00820. The van der Waals surface area contributed by atoms with Gasteiger partial charge in [-0.15, -0.1) is 0 Å². The van der Waals surface area contributed by atoms with Crippen molar-refractivity contribution in [3.8, 4) is 17.2 Å². The Hall–Kier alpha value is -3.92. The third kappa shape index (κ3) is 5.52. The Kier molecular flexibility index (Phi) is 7.85. The second-order valence-electron chi connectivity index (χ2n) is 8.02. The number of hydrogen-bond donors (Lipinski definition) is 1. The average Bonchev–Trinajstić information content (AvgIpc) is 2.82. The Labute approximate surface area is 197 Å². The summed E-state index contributed by atoms with van der Waals surface area (Å²) in [6.45, 7) is 2.84. The molecule has 10 nitrogen and oxygen atoms in total. The number of hydrogen-bond acceptors (Lipinski definition) is 7. The van der Waals surface area contributed by atoms with Crippen molar-refractivity contribution in [1.82, 2.24) is 24.6 Å². The lowest BCUT2D eigenvalue weighted by Crippen LogP contribution is -2.46. The first-order chi connectivity index (χ1) is 16.2. The van der Waals surface area contributed by atoms with E-state index in [2.05, 4.69) is 10.4 Å². The largest absolute Gasteiger partial charge is 0.493 e.